The van der Waals surface area contributed by atoms with Crippen LogP contribution in [0.5, 0.6) is 0 Å². The third kappa shape index (κ3) is 3.20. The van der Waals surface area contributed by atoms with E-state index < -0.39 is 0 Å². The van der Waals surface area contributed by atoms with Crippen LogP contribution in [0.1, 0.15) is 25.2 Å². The average molecular weight is 460 g/mol. The summed E-state index contributed by atoms with van der Waals surface area (Å²) in [5, 5.41) is 9.78. The minimum atomic E-state index is -0.362. The van der Waals surface area contributed by atoms with Crippen LogP contribution in [-0.4, -0.2) is 24.1 Å². The monoisotopic (exact) mass is 459 g/mol. The van der Waals surface area contributed by atoms with Gasteiger partial charge in [0.1, 0.15) is 11.6 Å². The summed E-state index contributed by atoms with van der Waals surface area (Å²) in [4.78, 5) is 4.72. The van der Waals surface area contributed by atoms with Crippen LogP contribution in [0.2, 0.25) is 0 Å². The number of halogens is 1. The molecule has 0 aliphatic heterocycles. The molecule has 3 aromatic heterocycles. The van der Waals surface area contributed by atoms with Gasteiger partial charge in [0.2, 0.25) is 5.78 Å². The molecule has 6 rings (SSSR count). The number of benzene rings is 3. The summed E-state index contributed by atoms with van der Waals surface area (Å²) < 4.78 is 17.6. The van der Waals surface area contributed by atoms with Crippen molar-refractivity contribution in [3.8, 4) is 29.2 Å². The molecule has 35 heavy (non-hydrogen) atoms. The molecule has 170 valence electrons. The third-order valence-electron chi connectivity index (χ3n) is 6.68. The molecule has 0 spiro atoms. The van der Waals surface area contributed by atoms with Crippen molar-refractivity contribution in [1.82, 2.24) is 24.1 Å². The van der Waals surface area contributed by atoms with E-state index in [9.17, 15) is 4.39 Å². The van der Waals surface area contributed by atoms with E-state index in [1.54, 1.807) is 12.1 Å². The Bertz CT molecular complexity index is 1780. The van der Waals surface area contributed by atoms with Crippen molar-refractivity contribution in [2.45, 2.75) is 26.2 Å². The summed E-state index contributed by atoms with van der Waals surface area (Å²) in [5.74, 6) is 4.10. The molecule has 0 aliphatic rings. The van der Waals surface area contributed by atoms with Gasteiger partial charge in [0.15, 0.2) is 0 Å². The molecule has 3 aromatic carbocycles. The summed E-state index contributed by atoms with van der Waals surface area (Å²) in [6.07, 6.45) is 7.62. The maximum absolute atomic E-state index is 13.5. The van der Waals surface area contributed by atoms with Crippen molar-refractivity contribution in [2.24, 2.45) is 0 Å². The van der Waals surface area contributed by atoms with E-state index in [0.29, 0.717) is 5.78 Å². The van der Waals surface area contributed by atoms with Crippen molar-refractivity contribution in [1.29, 1.82) is 0 Å². The van der Waals surface area contributed by atoms with E-state index in [1.807, 2.05) is 43.5 Å². The van der Waals surface area contributed by atoms with Crippen LogP contribution in [-0.2, 0) is 5.41 Å². The van der Waals surface area contributed by atoms with Crippen molar-refractivity contribution in [2.75, 3.05) is 0 Å². The molecule has 0 fully saturated rings. The molecule has 0 aliphatic carbocycles. The van der Waals surface area contributed by atoms with Crippen molar-refractivity contribution < 1.29 is 4.39 Å². The Balaban J connectivity index is 1.66. The Labute approximate surface area is 201 Å². The number of pyridine rings is 1. The second-order valence-electron chi connectivity index (χ2n) is 9.27. The number of rotatable bonds is 3. The largest absolute Gasteiger partial charge is 0.276 e. The number of terminal acetylenes is 1. The van der Waals surface area contributed by atoms with Crippen molar-refractivity contribution >= 4 is 27.7 Å². The van der Waals surface area contributed by atoms with Gasteiger partial charge in [0.25, 0.3) is 0 Å². The summed E-state index contributed by atoms with van der Waals surface area (Å²) >= 11 is 0. The van der Waals surface area contributed by atoms with E-state index in [2.05, 4.69) is 51.0 Å². The van der Waals surface area contributed by atoms with Crippen LogP contribution < -0.4 is 0 Å². The lowest BCUT2D eigenvalue weighted by atomic mass is 9.86. The molecule has 0 N–H and O–H groups in total. The molecular weight excluding hydrogens is 437 g/mol. The molecule has 0 amide bonds. The van der Waals surface area contributed by atoms with Gasteiger partial charge in [-0.3, -0.25) is 14.0 Å². The Hall–Kier alpha value is -4.50. The Kier molecular flexibility index (Phi) is 4.52. The third-order valence-corrected chi connectivity index (χ3v) is 6.68. The van der Waals surface area contributed by atoms with E-state index >= 15 is 0 Å². The number of hydrogen-bond acceptors (Lipinski definition) is 3. The fourth-order valence-electron chi connectivity index (χ4n) is 4.62. The number of aromatic nitrogens is 5. The first-order valence-electron chi connectivity index (χ1n) is 11.4. The topological polar surface area (TPSA) is 48.0 Å². The second-order valence-corrected chi connectivity index (χ2v) is 9.27. The van der Waals surface area contributed by atoms with Gasteiger partial charge in [-0.15, -0.1) is 16.6 Å². The first-order valence-corrected chi connectivity index (χ1v) is 11.4. The lowest BCUT2D eigenvalue weighted by molar-refractivity contribution is 0.628. The van der Waals surface area contributed by atoms with Crippen LogP contribution in [0, 0.1) is 25.1 Å². The number of nitrogens with zero attached hydrogens (tertiary/aromatic N) is 5. The number of imidazole rings is 1. The SMILES string of the molecule is C#CC(C)(C)c1ccc(-n2c3c4cc(-c5ccc(F)cc5)ccc4ncc3n3c(C)nnc23)cc1. The highest BCUT2D eigenvalue weighted by atomic mass is 19.1. The average Bonchev–Trinajstić information content (AvgIpc) is 3.42. The Morgan fingerprint density at radius 1 is 0.914 bits per heavy atom. The quantitative estimate of drug-likeness (QED) is 0.294. The lowest BCUT2D eigenvalue weighted by Crippen LogP contribution is -2.13. The maximum atomic E-state index is 13.5. The van der Waals surface area contributed by atoms with Crippen LogP contribution in [0.4, 0.5) is 4.39 Å². The predicted octanol–water partition coefficient (Wildman–Crippen LogP) is 6.25. The normalized spacial score (nSPS) is 12.0. The highest BCUT2D eigenvalue weighted by Crippen LogP contribution is 2.34. The van der Waals surface area contributed by atoms with E-state index in [1.165, 1.54) is 12.1 Å². The van der Waals surface area contributed by atoms with Crippen LogP contribution >= 0.6 is 0 Å². The number of aryl methyl sites for hydroxylation is 1. The predicted molar refractivity (Wildman–Crippen MR) is 137 cm³/mol. The first kappa shape index (κ1) is 21.1. The zero-order valence-electron chi connectivity index (χ0n) is 19.6. The molecule has 6 heteroatoms. The fraction of sp³-hybridized carbons (Fsp3) is 0.138. The standard InChI is InChI=1S/C29H22FN5/c1-5-29(3,4)21-9-13-23(14-10-21)35-27-24-16-20(19-6-11-22(30)12-7-19)8-15-25(24)31-17-26(27)34-18(2)32-33-28(34)35/h1,6-17H,2-4H3. The molecule has 0 unspecified atom stereocenters. The molecule has 0 saturated heterocycles. The summed E-state index contributed by atoms with van der Waals surface area (Å²) in [5.41, 5.74) is 6.34. The van der Waals surface area contributed by atoms with Gasteiger partial charge in [0, 0.05) is 11.1 Å². The fourth-order valence-corrected chi connectivity index (χ4v) is 4.62. The van der Waals surface area contributed by atoms with E-state index in [-0.39, 0.29) is 11.2 Å². The molecule has 6 aromatic rings. The highest BCUT2D eigenvalue weighted by Gasteiger charge is 2.21. The minimum Gasteiger partial charge on any atom is -0.276 e. The molecule has 0 radical (unpaired) electrons. The lowest BCUT2D eigenvalue weighted by Gasteiger charge is -2.18. The van der Waals surface area contributed by atoms with Gasteiger partial charge in [-0.05, 0) is 73.9 Å². The summed E-state index contributed by atoms with van der Waals surface area (Å²) in [6.45, 7) is 5.99. The van der Waals surface area contributed by atoms with Crippen LogP contribution in [0.15, 0.2) is 72.9 Å². The first-order chi connectivity index (χ1) is 16.9. The summed E-state index contributed by atoms with van der Waals surface area (Å²) in [6, 6.07) is 20.9. The van der Waals surface area contributed by atoms with Gasteiger partial charge < -0.3 is 0 Å². The second kappa shape index (κ2) is 7.51. The minimum absolute atomic E-state index is 0.256. The van der Waals surface area contributed by atoms with E-state index in [4.69, 9.17) is 11.4 Å². The Morgan fingerprint density at radius 3 is 2.34 bits per heavy atom. The van der Waals surface area contributed by atoms with Crippen LogP contribution in [0.25, 0.3) is 44.5 Å². The maximum Gasteiger partial charge on any atom is 0.241 e. The van der Waals surface area contributed by atoms with E-state index in [0.717, 1.165) is 50.1 Å². The molecule has 3 heterocycles. The van der Waals surface area contributed by atoms with Gasteiger partial charge in [0.05, 0.1) is 28.2 Å². The number of fused-ring (bicyclic) bond motifs is 5. The number of hydrogen-bond donors (Lipinski definition) is 0. The zero-order valence-corrected chi connectivity index (χ0v) is 19.6. The Morgan fingerprint density at radius 2 is 1.63 bits per heavy atom. The van der Waals surface area contributed by atoms with Crippen molar-refractivity contribution in [3.63, 3.8) is 0 Å². The van der Waals surface area contributed by atoms with Gasteiger partial charge in [-0.1, -0.05) is 36.3 Å². The highest BCUT2D eigenvalue weighted by molar-refractivity contribution is 6.06. The molecular formula is C29H22FN5. The van der Waals surface area contributed by atoms with Gasteiger partial charge in [-0.2, -0.15) is 0 Å². The van der Waals surface area contributed by atoms with Crippen molar-refractivity contribution in [3.05, 3.63) is 90.1 Å². The molecule has 0 atom stereocenters. The molecule has 0 bridgehead atoms. The molecule has 0 saturated carbocycles. The smallest absolute Gasteiger partial charge is 0.241 e. The zero-order chi connectivity index (χ0) is 24.3. The van der Waals surface area contributed by atoms with Gasteiger partial charge in [-0.25, -0.2) is 4.39 Å². The molecule has 5 nitrogen and oxygen atoms in total. The van der Waals surface area contributed by atoms with Gasteiger partial charge >= 0.3 is 0 Å². The van der Waals surface area contributed by atoms with Crippen LogP contribution in [0.3, 0.4) is 0 Å². The summed E-state index contributed by atoms with van der Waals surface area (Å²) in [7, 11) is 0.